The quantitative estimate of drug-likeness (QED) is 0.724. The maximum Gasteiger partial charge on any atom is 0.324 e. The number of hydrogen-bond acceptors (Lipinski definition) is 2. The zero-order chi connectivity index (χ0) is 10.8. The van der Waals surface area contributed by atoms with E-state index in [0.717, 1.165) is 12.8 Å². The standard InChI is InChI=1S/C9H16F2N2O/c1-2-9(10,11)8(14)13-7-5-3-4-6(7)12/h6-7H,2-5,12H2,1H3,(H,13,14). The molecular weight excluding hydrogens is 190 g/mol. The molecule has 0 aromatic carbocycles. The van der Waals surface area contributed by atoms with Crippen molar-refractivity contribution in [3.05, 3.63) is 0 Å². The van der Waals surface area contributed by atoms with Crippen LogP contribution in [0, 0.1) is 0 Å². The summed E-state index contributed by atoms with van der Waals surface area (Å²) < 4.78 is 25.7. The molecule has 2 unspecified atom stereocenters. The smallest absolute Gasteiger partial charge is 0.324 e. The van der Waals surface area contributed by atoms with Gasteiger partial charge in [0.1, 0.15) is 0 Å². The molecular formula is C9H16F2N2O. The second-order valence-corrected chi connectivity index (χ2v) is 3.73. The fourth-order valence-electron chi connectivity index (χ4n) is 1.60. The van der Waals surface area contributed by atoms with Crippen molar-refractivity contribution in [1.29, 1.82) is 0 Å². The Bertz CT molecular complexity index is 221. The van der Waals surface area contributed by atoms with Gasteiger partial charge in [0.15, 0.2) is 0 Å². The zero-order valence-corrected chi connectivity index (χ0v) is 8.22. The van der Waals surface area contributed by atoms with E-state index in [2.05, 4.69) is 5.32 Å². The normalized spacial score (nSPS) is 27.7. The van der Waals surface area contributed by atoms with Crippen LogP contribution in [0.2, 0.25) is 0 Å². The highest BCUT2D eigenvalue weighted by molar-refractivity contribution is 5.83. The lowest BCUT2D eigenvalue weighted by Gasteiger charge is -2.20. The van der Waals surface area contributed by atoms with Gasteiger partial charge in [0.2, 0.25) is 0 Å². The van der Waals surface area contributed by atoms with Crippen molar-refractivity contribution in [3.8, 4) is 0 Å². The third kappa shape index (κ3) is 2.41. The maximum atomic E-state index is 12.9. The van der Waals surface area contributed by atoms with Gasteiger partial charge in [-0.15, -0.1) is 0 Å². The first-order valence-corrected chi connectivity index (χ1v) is 4.91. The lowest BCUT2D eigenvalue weighted by atomic mass is 10.1. The molecule has 0 aliphatic heterocycles. The molecule has 0 radical (unpaired) electrons. The van der Waals surface area contributed by atoms with Crippen LogP contribution in [-0.2, 0) is 4.79 Å². The molecule has 1 rings (SSSR count). The Labute approximate surface area is 82.0 Å². The summed E-state index contributed by atoms with van der Waals surface area (Å²) in [4.78, 5) is 11.1. The van der Waals surface area contributed by atoms with E-state index >= 15 is 0 Å². The summed E-state index contributed by atoms with van der Waals surface area (Å²) in [6.45, 7) is 1.29. The predicted molar refractivity (Wildman–Crippen MR) is 49.0 cm³/mol. The summed E-state index contributed by atoms with van der Waals surface area (Å²) in [5.74, 6) is -4.45. The molecule has 1 aliphatic carbocycles. The van der Waals surface area contributed by atoms with Crippen LogP contribution in [-0.4, -0.2) is 23.9 Å². The fourth-order valence-corrected chi connectivity index (χ4v) is 1.60. The van der Waals surface area contributed by atoms with Crippen molar-refractivity contribution in [1.82, 2.24) is 5.32 Å². The number of halogens is 2. The fraction of sp³-hybridized carbons (Fsp3) is 0.889. The van der Waals surface area contributed by atoms with Crippen LogP contribution in [0.15, 0.2) is 0 Å². The molecule has 2 atom stereocenters. The highest BCUT2D eigenvalue weighted by Crippen LogP contribution is 2.21. The van der Waals surface area contributed by atoms with Crippen LogP contribution in [0.4, 0.5) is 8.78 Å². The molecule has 0 heterocycles. The Morgan fingerprint density at radius 3 is 2.64 bits per heavy atom. The lowest BCUT2D eigenvalue weighted by Crippen LogP contribution is -2.49. The molecule has 0 bridgehead atoms. The first-order valence-electron chi connectivity index (χ1n) is 4.91. The van der Waals surface area contributed by atoms with E-state index in [-0.39, 0.29) is 12.1 Å². The van der Waals surface area contributed by atoms with Crippen molar-refractivity contribution >= 4 is 5.91 Å². The van der Waals surface area contributed by atoms with Gasteiger partial charge in [0.05, 0.1) is 0 Å². The van der Waals surface area contributed by atoms with Gasteiger partial charge >= 0.3 is 5.92 Å². The van der Waals surface area contributed by atoms with Gasteiger partial charge in [0.25, 0.3) is 5.91 Å². The minimum absolute atomic E-state index is 0.174. The number of carbonyl (C=O) groups is 1. The zero-order valence-electron chi connectivity index (χ0n) is 8.22. The lowest BCUT2D eigenvalue weighted by molar-refractivity contribution is -0.146. The average Bonchev–Trinajstić information content (AvgIpc) is 2.52. The first-order chi connectivity index (χ1) is 6.47. The first kappa shape index (κ1) is 11.4. The minimum atomic E-state index is -3.26. The second-order valence-electron chi connectivity index (χ2n) is 3.73. The molecule has 3 nitrogen and oxygen atoms in total. The Hall–Kier alpha value is -0.710. The van der Waals surface area contributed by atoms with Crippen LogP contribution in [0.3, 0.4) is 0 Å². The van der Waals surface area contributed by atoms with Crippen molar-refractivity contribution in [2.45, 2.75) is 50.6 Å². The molecule has 1 fully saturated rings. The Morgan fingerprint density at radius 1 is 1.57 bits per heavy atom. The van der Waals surface area contributed by atoms with Crippen LogP contribution in [0.25, 0.3) is 0 Å². The third-order valence-corrected chi connectivity index (χ3v) is 2.66. The molecule has 0 spiro atoms. The topological polar surface area (TPSA) is 55.1 Å². The summed E-state index contributed by atoms with van der Waals surface area (Å²) >= 11 is 0. The van der Waals surface area contributed by atoms with Crippen molar-refractivity contribution in [3.63, 3.8) is 0 Å². The molecule has 1 amide bonds. The highest BCUT2D eigenvalue weighted by Gasteiger charge is 2.39. The number of hydrogen-bond donors (Lipinski definition) is 2. The summed E-state index contributed by atoms with van der Waals surface area (Å²) in [6, 6.07) is -0.452. The molecule has 1 saturated carbocycles. The maximum absolute atomic E-state index is 12.9. The SMILES string of the molecule is CCC(F)(F)C(=O)NC1CCCC1N. The van der Waals surface area contributed by atoms with Gasteiger partial charge < -0.3 is 11.1 Å². The van der Waals surface area contributed by atoms with Gasteiger partial charge in [-0.1, -0.05) is 6.92 Å². The summed E-state index contributed by atoms with van der Waals surface area (Å²) in [5, 5.41) is 2.31. The summed E-state index contributed by atoms with van der Waals surface area (Å²) in [6.07, 6.45) is 1.92. The van der Waals surface area contributed by atoms with Gasteiger partial charge in [-0.2, -0.15) is 8.78 Å². The van der Waals surface area contributed by atoms with Gasteiger partial charge in [0, 0.05) is 18.5 Å². The molecule has 3 N–H and O–H groups in total. The van der Waals surface area contributed by atoms with E-state index in [9.17, 15) is 13.6 Å². The van der Waals surface area contributed by atoms with Crippen LogP contribution < -0.4 is 11.1 Å². The largest absolute Gasteiger partial charge is 0.347 e. The molecule has 0 aromatic rings. The van der Waals surface area contributed by atoms with Crippen LogP contribution in [0.1, 0.15) is 32.6 Å². The van der Waals surface area contributed by atoms with E-state index in [4.69, 9.17) is 5.73 Å². The summed E-state index contributed by atoms with van der Waals surface area (Å²) in [7, 11) is 0. The predicted octanol–water partition coefficient (Wildman–Crippen LogP) is 1.03. The highest BCUT2D eigenvalue weighted by atomic mass is 19.3. The van der Waals surface area contributed by atoms with E-state index in [1.54, 1.807) is 0 Å². The van der Waals surface area contributed by atoms with E-state index < -0.39 is 18.3 Å². The second kappa shape index (κ2) is 4.21. The molecule has 14 heavy (non-hydrogen) atoms. The molecule has 5 heteroatoms. The van der Waals surface area contributed by atoms with Crippen molar-refractivity contribution < 1.29 is 13.6 Å². The Kier molecular flexibility index (Phi) is 3.42. The molecule has 0 aromatic heterocycles. The number of nitrogens with one attached hydrogen (secondary N) is 1. The monoisotopic (exact) mass is 206 g/mol. The number of alkyl halides is 2. The number of rotatable bonds is 3. The van der Waals surface area contributed by atoms with Gasteiger partial charge in [-0.3, -0.25) is 4.79 Å². The van der Waals surface area contributed by atoms with E-state index in [1.807, 2.05) is 0 Å². The average molecular weight is 206 g/mol. The third-order valence-electron chi connectivity index (χ3n) is 2.66. The van der Waals surface area contributed by atoms with Crippen molar-refractivity contribution in [2.75, 3.05) is 0 Å². The number of nitrogens with two attached hydrogens (primary N) is 1. The summed E-state index contributed by atoms with van der Waals surface area (Å²) in [5.41, 5.74) is 5.65. The van der Waals surface area contributed by atoms with E-state index in [1.165, 1.54) is 6.92 Å². The number of amides is 1. The van der Waals surface area contributed by atoms with Gasteiger partial charge in [-0.05, 0) is 19.3 Å². The molecule has 82 valence electrons. The molecule has 1 aliphatic rings. The van der Waals surface area contributed by atoms with E-state index in [0.29, 0.717) is 6.42 Å². The Balaban J connectivity index is 2.48. The Morgan fingerprint density at radius 2 is 2.21 bits per heavy atom. The van der Waals surface area contributed by atoms with Crippen LogP contribution >= 0.6 is 0 Å². The van der Waals surface area contributed by atoms with Gasteiger partial charge in [-0.25, -0.2) is 0 Å². The van der Waals surface area contributed by atoms with Crippen molar-refractivity contribution in [2.24, 2.45) is 5.73 Å². The number of carbonyl (C=O) groups excluding carboxylic acids is 1. The van der Waals surface area contributed by atoms with Crippen LogP contribution in [0.5, 0.6) is 0 Å². The molecule has 0 saturated heterocycles. The minimum Gasteiger partial charge on any atom is -0.347 e.